The molecule has 0 aliphatic rings. The monoisotopic (exact) mass is 276 g/mol. The number of rotatable bonds is 6. The Labute approximate surface area is 117 Å². The quantitative estimate of drug-likeness (QED) is 0.736. The fourth-order valence-corrected chi connectivity index (χ4v) is 1.82. The first kappa shape index (κ1) is 14.1. The highest BCUT2D eigenvalue weighted by Gasteiger charge is 2.15. The van der Waals surface area contributed by atoms with Gasteiger partial charge in [-0.05, 0) is 13.3 Å². The summed E-state index contributed by atoms with van der Waals surface area (Å²) in [4.78, 5) is 20.5. The molecule has 108 valence electrons. The second-order valence-corrected chi connectivity index (χ2v) is 4.54. The van der Waals surface area contributed by atoms with E-state index in [-0.39, 0.29) is 11.9 Å². The van der Waals surface area contributed by atoms with Crippen LogP contribution in [0.25, 0.3) is 5.65 Å². The molecular formula is C13H20N6O. The van der Waals surface area contributed by atoms with Crippen molar-refractivity contribution in [3.8, 4) is 0 Å². The van der Waals surface area contributed by atoms with Gasteiger partial charge >= 0.3 is 0 Å². The molecule has 0 aliphatic carbocycles. The van der Waals surface area contributed by atoms with Gasteiger partial charge in [0, 0.05) is 26.0 Å². The van der Waals surface area contributed by atoms with Crippen LogP contribution in [0.15, 0.2) is 18.6 Å². The van der Waals surface area contributed by atoms with Crippen molar-refractivity contribution in [3.63, 3.8) is 0 Å². The van der Waals surface area contributed by atoms with Gasteiger partial charge in [-0.3, -0.25) is 4.79 Å². The van der Waals surface area contributed by atoms with E-state index in [1.807, 2.05) is 23.7 Å². The molecule has 2 aromatic rings. The topological polar surface area (TPSA) is 83.3 Å². The Balaban J connectivity index is 2.19. The van der Waals surface area contributed by atoms with E-state index in [0.29, 0.717) is 23.8 Å². The van der Waals surface area contributed by atoms with Crippen molar-refractivity contribution in [2.75, 3.05) is 24.2 Å². The predicted octanol–water partition coefficient (Wildman–Crippen LogP) is 1.10. The molecule has 1 amide bonds. The third-order valence-corrected chi connectivity index (χ3v) is 2.93. The van der Waals surface area contributed by atoms with Gasteiger partial charge in [-0.1, -0.05) is 6.92 Å². The Morgan fingerprint density at radius 3 is 3.00 bits per heavy atom. The number of hydrogen-bond acceptors (Lipinski definition) is 5. The van der Waals surface area contributed by atoms with Crippen molar-refractivity contribution in [2.45, 2.75) is 26.3 Å². The smallest absolute Gasteiger partial charge is 0.242 e. The summed E-state index contributed by atoms with van der Waals surface area (Å²) in [6.45, 7) is 4.50. The maximum absolute atomic E-state index is 11.9. The van der Waals surface area contributed by atoms with E-state index in [1.165, 1.54) is 0 Å². The lowest BCUT2D eigenvalue weighted by Gasteiger charge is -2.15. The van der Waals surface area contributed by atoms with Crippen LogP contribution in [0.4, 0.5) is 11.6 Å². The van der Waals surface area contributed by atoms with Gasteiger partial charge in [0.2, 0.25) is 5.91 Å². The Morgan fingerprint density at radius 1 is 1.50 bits per heavy atom. The van der Waals surface area contributed by atoms with Crippen LogP contribution in [0.5, 0.6) is 0 Å². The molecule has 0 bridgehead atoms. The Morgan fingerprint density at radius 2 is 2.30 bits per heavy atom. The summed E-state index contributed by atoms with van der Waals surface area (Å²) in [6, 6.07) is -0.373. The van der Waals surface area contributed by atoms with E-state index in [1.54, 1.807) is 20.2 Å². The lowest BCUT2D eigenvalue weighted by atomic mass is 10.3. The van der Waals surface area contributed by atoms with Gasteiger partial charge in [0.25, 0.3) is 0 Å². The highest BCUT2D eigenvalue weighted by molar-refractivity contribution is 5.85. The summed E-state index contributed by atoms with van der Waals surface area (Å²) < 4.78 is 1.86. The molecule has 0 spiro atoms. The van der Waals surface area contributed by atoms with E-state index in [2.05, 4.69) is 25.9 Å². The number of carbonyl (C=O) groups excluding carboxylic acids is 1. The Bertz CT molecular complexity index is 594. The molecule has 0 fully saturated rings. The van der Waals surface area contributed by atoms with Crippen LogP contribution in [0, 0.1) is 0 Å². The van der Waals surface area contributed by atoms with Crippen molar-refractivity contribution >= 4 is 23.2 Å². The fraction of sp³-hybridized carbons (Fsp3) is 0.462. The molecule has 1 unspecified atom stereocenters. The minimum absolute atomic E-state index is 0.0479. The Kier molecular flexibility index (Phi) is 4.39. The minimum atomic E-state index is -0.373. The molecular weight excluding hydrogens is 256 g/mol. The lowest BCUT2D eigenvalue weighted by molar-refractivity contribution is -0.121. The number of carbonyl (C=O) groups is 1. The molecule has 3 N–H and O–H groups in total. The number of amides is 1. The molecule has 0 saturated heterocycles. The maximum Gasteiger partial charge on any atom is 0.242 e. The molecule has 2 aromatic heterocycles. The van der Waals surface area contributed by atoms with Crippen LogP contribution >= 0.6 is 0 Å². The molecule has 2 rings (SSSR count). The number of hydrogen-bond donors (Lipinski definition) is 3. The van der Waals surface area contributed by atoms with Gasteiger partial charge in [-0.15, -0.1) is 0 Å². The van der Waals surface area contributed by atoms with Gasteiger partial charge < -0.3 is 20.4 Å². The molecule has 0 aromatic carbocycles. The third-order valence-electron chi connectivity index (χ3n) is 2.93. The van der Waals surface area contributed by atoms with Crippen molar-refractivity contribution in [3.05, 3.63) is 18.6 Å². The molecule has 20 heavy (non-hydrogen) atoms. The molecule has 7 heteroatoms. The summed E-state index contributed by atoms with van der Waals surface area (Å²) >= 11 is 0. The van der Waals surface area contributed by atoms with E-state index in [0.717, 1.165) is 6.42 Å². The number of nitrogens with zero attached hydrogens (tertiary/aromatic N) is 3. The second-order valence-electron chi connectivity index (χ2n) is 4.54. The highest BCUT2D eigenvalue weighted by atomic mass is 16.2. The lowest BCUT2D eigenvalue weighted by Crippen LogP contribution is -2.38. The van der Waals surface area contributed by atoms with Crippen LogP contribution in [-0.4, -0.2) is 39.9 Å². The summed E-state index contributed by atoms with van der Waals surface area (Å²) in [5.41, 5.74) is 0.694. The standard InChI is InChI=1S/C13H20N6O/c1-4-5-16-13(20)9(2)17-11-12-15-6-7-19(12)8-10(14-3)18-11/h6-9,14H,4-5H2,1-3H3,(H,16,20)(H,17,18). The second kappa shape index (κ2) is 6.23. The minimum Gasteiger partial charge on any atom is -0.372 e. The van der Waals surface area contributed by atoms with Crippen LogP contribution in [0.1, 0.15) is 20.3 Å². The number of aromatic nitrogens is 3. The van der Waals surface area contributed by atoms with E-state index in [4.69, 9.17) is 0 Å². The van der Waals surface area contributed by atoms with Crippen LogP contribution in [0.2, 0.25) is 0 Å². The van der Waals surface area contributed by atoms with Crippen molar-refractivity contribution in [1.82, 2.24) is 19.7 Å². The number of anilines is 2. The summed E-state index contributed by atoms with van der Waals surface area (Å²) in [7, 11) is 1.80. The molecule has 2 heterocycles. The molecule has 0 aliphatic heterocycles. The van der Waals surface area contributed by atoms with Gasteiger partial charge in [0.05, 0.1) is 6.20 Å². The molecule has 0 radical (unpaired) electrons. The SMILES string of the molecule is CCCNC(=O)C(C)Nc1nc(NC)cn2ccnc12. The van der Waals surface area contributed by atoms with Crippen LogP contribution in [-0.2, 0) is 4.79 Å². The van der Waals surface area contributed by atoms with Gasteiger partial charge in [-0.2, -0.15) is 0 Å². The average molecular weight is 276 g/mol. The van der Waals surface area contributed by atoms with Crippen LogP contribution < -0.4 is 16.0 Å². The number of fused-ring (bicyclic) bond motifs is 1. The summed E-state index contributed by atoms with van der Waals surface area (Å²) in [5, 5.41) is 8.94. The van der Waals surface area contributed by atoms with Gasteiger partial charge in [-0.25, -0.2) is 9.97 Å². The first-order valence-corrected chi connectivity index (χ1v) is 6.71. The third kappa shape index (κ3) is 2.98. The zero-order chi connectivity index (χ0) is 14.5. The predicted molar refractivity (Wildman–Crippen MR) is 78.9 cm³/mol. The van der Waals surface area contributed by atoms with Gasteiger partial charge in [0.15, 0.2) is 11.5 Å². The first-order valence-electron chi connectivity index (χ1n) is 6.71. The zero-order valence-electron chi connectivity index (χ0n) is 12.0. The summed E-state index contributed by atoms with van der Waals surface area (Å²) in [5.74, 6) is 1.24. The largest absolute Gasteiger partial charge is 0.372 e. The number of nitrogens with one attached hydrogen (secondary N) is 3. The van der Waals surface area contributed by atoms with Crippen molar-refractivity contribution < 1.29 is 4.79 Å². The molecule has 1 atom stereocenters. The first-order chi connectivity index (χ1) is 9.65. The van der Waals surface area contributed by atoms with Crippen LogP contribution in [0.3, 0.4) is 0 Å². The Hall–Kier alpha value is -2.31. The highest BCUT2D eigenvalue weighted by Crippen LogP contribution is 2.16. The van der Waals surface area contributed by atoms with E-state index >= 15 is 0 Å². The fourth-order valence-electron chi connectivity index (χ4n) is 1.82. The average Bonchev–Trinajstić information content (AvgIpc) is 2.92. The number of imidazole rings is 1. The van der Waals surface area contributed by atoms with Crippen molar-refractivity contribution in [2.24, 2.45) is 0 Å². The van der Waals surface area contributed by atoms with E-state index < -0.39 is 0 Å². The van der Waals surface area contributed by atoms with Gasteiger partial charge in [0.1, 0.15) is 11.9 Å². The molecule has 0 saturated carbocycles. The molecule has 7 nitrogen and oxygen atoms in total. The zero-order valence-corrected chi connectivity index (χ0v) is 12.0. The normalized spacial score (nSPS) is 12.2. The van der Waals surface area contributed by atoms with Crippen molar-refractivity contribution in [1.29, 1.82) is 0 Å². The summed E-state index contributed by atoms with van der Waals surface area (Å²) in [6.07, 6.45) is 6.29. The van der Waals surface area contributed by atoms with E-state index in [9.17, 15) is 4.79 Å². The maximum atomic E-state index is 11.9.